The Hall–Kier alpha value is -4.59. The quantitative estimate of drug-likeness (QED) is 0.342. The summed E-state index contributed by atoms with van der Waals surface area (Å²) in [6.45, 7) is 2.50. The molecule has 1 fully saturated rings. The zero-order chi connectivity index (χ0) is 26.5. The van der Waals surface area contributed by atoms with Gasteiger partial charge in [0.25, 0.3) is 5.91 Å². The van der Waals surface area contributed by atoms with Gasteiger partial charge in [-0.1, -0.05) is 36.4 Å². The summed E-state index contributed by atoms with van der Waals surface area (Å²) in [5.41, 5.74) is 3.78. The molecule has 0 radical (unpaired) electrons. The molecule has 3 aromatic carbocycles. The summed E-state index contributed by atoms with van der Waals surface area (Å²) in [7, 11) is 3.27. The predicted octanol–water partition coefficient (Wildman–Crippen LogP) is 5.16. The van der Waals surface area contributed by atoms with Crippen LogP contribution in [-0.2, 0) is 0 Å². The topological polar surface area (TPSA) is 59.8 Å². The number of halogens is 1. The Morgan fingerprint density at radius 3 is 2.11 bits per heavy atom. The Morgan fingerprint density at radius 1 is 0.816 bits per heavy atom. The van der Waals surface area contributed by atoms with Gasteiger partial charge in [0, 0.05) is 50.1 Å². The smallest absolute Gasteiger partial charge is 0.272 e. The lowest BCUT2D eigenvalue weighted by Gasteiger charge is -2.36. The van der Waals surface area contributed by atoms with Gasteiger partial charge in [0.2, 0.25) is 0 Å². The summed E-state index contributed by atoms with van der Waals surface area (Å²) in [5, 5.41) is 4.70. The SMILES string of the molecule is COc1cc(OC)cc(N2CCN(C(=O)c3cc(C=Cc4ccc(F)cc4)nn3-c3ccccc3)CC2)c1. The maximum atomic E-state index is 13.7. The normalized spacial score (nSPS) is 13.7. The number of hydrogen-bond donors (Lipinski definition) is 0. The fraction of sp³-hybridized carbons (Fsp3) is 0.200. The molecular weight excluding hydrogens is 483 g/mol. The van der Waals surface area contributed by atoms with Gasteiger partial charge in [-0.3, -0.25) is 4.79 Å². The van der Waals surface area contributed by atoms with Crippen LogP contribution in [0.4, 0.5) is 10.1 Å². The van der Waals surface area contributed by atoms with Crippen molar-refractivity contribution in [3.63, 3.8) is 0 Å². The minimum absolute atomic E-state index is 0.0781. The molecular formula is C30H29FN4O3. The highest BCUT2D eigenvalue weighted by Gasteiger charge is 2.26. The monoisotopic (exact) mass is 512 g/mol. The van der Waals surface area contributed by atoms with Crippen LogP contribution in [0.15, 0.2) is 78.9 Å². The zero-order valence-electron chi connectivity index (χ0n) is 21.4. The Labute approximate surface area is 221 Å². The van der Waals surface area contributed by atoms with E-state index in [0.717, 1.165) is 28.4 Å². The first-order chi connectivity index (χ1) is 18.5. The highest BCUT2D eigenvalue weighted by Crippen LogP contribution is 2.29. The summed E-state index contributed by atoms with van der Waals surface area (Å²) in [6, 6.07) is 23.4. The summed E-state index contributed by atoms with van der Waals surface area (Å²) in [5.74, 6) is 1.09. The molecule has 7 nitrogen and oxygen atoms in total. The minimum Gasteiger partial charge on any atom is -0.497 e. The van der Waals surface area contributed by atoms with E-state index in [1.807, 2.05) is 65.6 Å². The van der Waals surface area contributed by atoms with E-state index in [9.17, 15) is 9.18 Å². The molecule has 0 bridgehead atoms. The maximum Gasteiger partial charge on any atom is 0.272 e. The fourth-order valence-electron chi connectivity index (χ4n) is 4.46. The Bertz CT molecular complexity index is 1400. The van der Waals surface area contributed by atoms with E-state index in [0.29, 0.717) is 37.6 Å². The molecule has 194 valence electrons. The molecule has 8 heteroatoms. The van der Waals surface area contributed by atoms with E-state index < -0.39 is 0 Å². The molecule has 0 spiro atoms. The van der Waals surface area contributed by atoms with E-state index in [1.165, 1.54) is 12.1 Å². The highest BCUT2D eigenvalue weighted by atomic mass is 19.1. The van der Waals surface area contributed by atoms with Crippen molar-refractivity contribution in [3.8, 4) is 17.2 Å². The molecule has 0 saturated carbocycles. The zero-order valence-corrected chi connectivity index (χ0v) is 21.4. The number of piperazine rings is 1. The average Bonchev–Trinajstić information content (AvgIpc) is 3.41. The van der Waals surface area contributed by atoms with Crippen LogP contribution in [0.1, 0.15) is 21.7 Å². The lowest BCUT2D eigenvalue weighted by Crippen LogP contribution is -2.49. The number of ether oxygens (including phenoxy) is 2. The van der Waals surface area contributed by atoms with E-state index in [-0.39, 0.29) is 11.7 Å². The summed E-state index contributed by atoms with van der Waals surface area (Å²) < 4.78 is 25.8. The Balaban J connectivity index is 1.36. The number of benzene rings is 3. The van der Waals surface area contributed by atoms with Crippen LogP contribution >= 0.6 is 0 Å². The molecule has 0 unspecified atom stereocenters. The van der Waals surface area contributed by atoms with E-state index in [1.54, 1.807) is 37.1 Å². The Kier molecular flexibility index (Phi) is 7.40. The van der Waals surface area contributed by atoms with Crippen LogP contribution in [-0.4, -0.2) is 61.0 Å². The number of para-hydroxylation sites is 1. The molecule has 1 aliphatic rings. The van der Waals surface area contributed by atoms with Crippen molar-refractivity contribution in [2.45, 2.75) is 0 Å². The molecule has 0 N–H and O–H groups in total. The van der Waals surface area contributed by atoms with Crippen molar-refractivity contribution >= 4 is 23.7 Å². The number of aromatic nitrogens is 2. The number of carbonyl (C=O) groups is 1. The van der Waals surface area contributed by atoms with Crippen LogP contribution in [0.25, 0.3) is 17.8 Å². The number of nitrogens with zero attached hydrogens (tertiary/aromatic N) is 4. The van der Waals surface area contributed by atoms with Crippen molar-refractivity contribution in [1.29, 1.82) is 0 Å². The van der Waals surface area contributed by atoms with E-state index >= 15 is 0 Å². The van der Waals surface area contributed by atoms with Gasteiger partial charge in [-0.2, -0.15) is 5.10 Å². The molecule has 0 aliphatic carbocycles. The number of anilines is 1. The maximum absolute atomic E-state index is 13.7. The van der Waals surface area contributed by atoms with Gasteiger partial charge in [-0.05, 0) is 42.0 Å². The van der Waals surface area contributed by atoms with Crippen LogP contribution in [0, 0.1) is 5.82 Å². The van der Waals surface area contributed by atoms with Gasteiger partial charge in [0.15, 0.2) is 0 Å². The van der Waals surface area contributed by atoms with Gasteiger partial charge in [0.1, 0.15) is 23.0 Å². The predicted molar refractivity (Wildman–Crippen MR) is 147 cm³/mol. The van der Waals surface area contributed by atoms with E-state index in [4.69, 9.17) is 14.6 Å². The van der Waals surface area contributed by atoms with Crippen molar-refractivity contribution in [3.05, 3.63) is 102 Å². The third kappa shape index (κ3) is 5.54. The summed E-state index contributed by atoms with van der Waals surface area (Å²) in [4.78, 5) is 17.8. The molecule has 1 aliphatic heterocycles. The van der Waals surface area contributed by atoms with Crippen molar-refractivity contribution in [2.24, 2.45) is 0 Å². The van der Waals surface area contributed by atoms with Gasteiger partial charge in [-0.15, -0.1) is 0 Å². The van der Waals surface area contributed by atoms with Crippen molar-refractivity contribution < 1.29 is 18.7 Å². The fourth-order valence-corrected chi connectivity index (χ4v) is 4.46. The van der Waals surface area contributed by atoms with Crippen LogP contribution < -0.4 is 14.4 Å². The summed E-state index contributed by atoms with van der Waals surface area (Å²) in [6.07, 6.45) is 3.68. The van der Waals surface area contributed by atoms with Crippen LogP contribution in [0.2, 0.25) is 0 Å². The van der Waals surface area contributed by atoms with Crippen LogP contribution in [0.5, 0.6) is 11.5 Å². The second kappa shape index (κ2) is 11.2. The number of methoxy groups -OCH3 is 2. The molecule has 38 heavy (non-hydrogen) atoms. The minimum atomic E-state index is -0.283. The molecule has 1 amide bonds. The third-order valence-corrected chi connectivity index (χ3v) is 6.53. The largest absolute Gasteiger partial charge is 0.497 e. The Morgan fingerprint density at radius 2 is 1.47 bits per heavy atom. The lowest BCUT2D eigenvalue weighted by atomic mass is 10.2. The van der Waals surface area contributed by atoms with Gasteiger partial charge in [-0.25, -0.2) is 9.07 Å². The average molecular weight is 513 g/mol. The first kappa shape index (κ1) is 25.1. The van der Waals surface area contributed by atoms with Gasteiger partial charge >= 0.3 is 0 Å². The van der Waals surface area contributed by atoms with Crippen LogP contribution in [0.3, 0.4) is 0 Å². The summed E-state index contributed by atoms with van der Waals surface area (Å²) >= 11 is 0. The number of carbonyl (C=O) groups excluding carboxylic acids is 1. The van der Waals surface area contributed by atoms with Crippen molar-refractivity contribution in [2.75, 3.05) is 45.3 Å². The first-order valence-corrected chi connectivity index (χ1v) is 12.4. The number of hydrogen-bond acceptors (Lipinski definition) is 5. The molecule has 0 atom stereocenters. The molecule has 1 saturated heterocycles. The van der Waals surface area contributed by atoms with E-state index in [2.05, 4.69) is 4.90 Å². The molecule has 1 aromatic heterocycles. The third-order valence-electron chi connectivity index (χ3n) is 6.53. The van der Waals surface area contributed by atoms with Gasteiger partial charge < -0.3 is 19.3 Å². The second-order valence-corrected chi connectivity index (χ2v) is 8.94. The highest BCUT2D eigenvalue weighted by molar-refractivity contribution is 5.94. The van der Waals surface area contributed by atoms with Gasteiger partial charge in [0.05, 0.1) is 25.6 Å². The molecule has 5 rings (SSSR count). The second-order valence-electron chi connectivity index (χ2n) is 8.94. The number of rotatable bonds is 7. The number of amides is 1. The molecule has 2 heterocycles. The van der Waals surface area contributed by atoms with Crippen molar-refractivity contribution in [1.82, 2.24) is 14.7 Å². The molecule has 4 aromatic rings. The standard InChI is InChI=1S/C30H29FN4O3/c1-37-27-19-26(20-28(21-27)38-2)33-14-16-34(17-15-33)30(36)29-18-24(13-10-22-8-11-23(31)12-9-22)32-35(29)25-6-4-3-5-7-25/h3-13,18-21H,14-17H2,1-2H3. The first-order valence-electron chi connectivity index (χ1n) is 12.4. The lowest BCUT2D eigenvalue weighted by molar-refractivity contribution is 0.0737.